The summed E-state index contributed by atoms with van der Waals surface area (Å²) in [7, 11) is 0. The molecule has 2 N–H and O–H groups in total. The molecule has 3 nitrogen and oxygen atoms in total. The first-order valence-corrected chi connectivity index (χ1v) is 8.36. The molecule has 0 bridgehead atoms. The van der Waals surface area contributed by atoms with Crippen molar-refractivity contribution in [1.82, 2.24) is 5.32 Å². The van der Waals surface area contributed by atoms with Gasteiger partial charge in [-0.3, -0.25) is 4.79 Å². The van der Waals surface area contributed by atoms with Gasteiger partial charge in [0.2, 0.25) is 5.91 Å². The zero-order valence-corrected chi connectivity index (χ0v) is 13.3. The Labute approximate surface area is 128 Å². The van der Waals surface area contributed by atoms with E-state index < -0.39 is 0 Å². The SMILES string of the molecule is CCCCC(CCC)NC(=O)CC1CNc2ccccc21. The van der Waals surface area contributed by atoms with E-state index in [0.29, 0.717) is 18.4 Å². The lowest BCUT2D eigenvalue weighted by Gasteiger charge is -2.19. The van der Waals surface area contributed by atoms with Gasteiger partial charge in [-0.15, -0.1) is 0 Å². The molecule has 3 heteroatoms. The minimum atomic E-state index is 0.202. The molecule has 2 unspecified atom stereocenters. The second kappa shape index (κ2) is 8.06. The van der Waals surface area contributed by atoms with E-state index in [1.165, 1.54) is 24.1 Å². The summed E-state index contributed by atoms with van der Waals surface area (Å²) in [6, 6.07) is 8.67. The fraction of sp³-hybridized carbons (Fsp3) is 0.611. The maximum atomic E-state index is 12.3. The van der Waals surface area contributed by atoms with Crippen molar-refractivity contribution in [3.63, 3.8) is 0 Å². The summed E-state index contributed by atoms with van der Waals surface area (Å²) in [5.41, 5.74) is 2.47. The van der Waals surface area contributed by atoms with Crippen LogP contribution in [-0.2, 0) is 4.79 Å². The van der Waals surface area contributed by atoms with Crippen LogP contribution in [0.15, 0.2) is 24.3 Å². The van der Waals surface area contributed by atoms with Crippen LogP contribution in [0.3, 0.4) is 0 Å². The van der Waals surface area contributed by atoms with Gasteiger partial charge < -0.3 is 10.6 Å². The van der Waals surface area contributed by atoms with E-state index >= 15 is 0 Å². The number of carbonyl (C=O) groups is 1. The number of hydrogen-bond acceptors (Lipinski definition) is 2. The summed E-state index contributed by atoms with van der Waals surface area (Å²) in [6.07, 6.45) is 6.30. The quantitative estimate of drug-likeness (QED) is 0.757. The van der Waals surface area contributed by atoms with Gasteiger partial charge >= 0.3 is 0 Å². The number of unbranched alkanes of at least 4 members (excludes halogenated alkanes) is 1. The van der Waals surface area contributed by atoms with E-state index in [9.17, 15) is 4.79 Å². The van der Waals surface area contributed by atoms with E-state index in [-0.39, 0.29) is 5.91 Å². The van der Waals surface area contributed by atoms with Crippen molar-refractivity contribution in [3.8, 4) is 0 Å². The predicted molar refractivity (Wildman–Crippen MR) is 88.7 cm³/mol. The average Bonchev–Trinajstić information content (AvgIpc) is 2.88. The highest BCUT2D eigenvalue weighted by molar-refractivity contribution is 5.78. The van der Waals surface area contributed by atoms with Crippen molar-refractivity contribution in [2.24, 2.45) is 0 Å². The molecule has 1 amide bonds. The van der Waals surface area contributed by atoms with Gasteiger partial charge in [-0.25, -0.2) is 0 Å². The lowest BCUT2D eigenvalue weighted by molar-refractivity contribution is -0.122. The third kappa shape index (κ3) is 4.48. The maximum absolute atomic E-state index is 12.3. The summed E-state index contributed by atoms with van der Waals surface area (Å²) >= 11 is 0. The van der Waals surface area contributed by atoms with Crippen molar-refractivity contribution >= 4 is 11.6 Å². The van der Waals surface area contributed by atoms with Crippen LogP contribution in [-0.4, -0.2) is 18.5 Å². The Morgan fingerprint density at radius 3 is 2.86 bits per heavy atom. The molecule has 0 aliphatic carbocycles. The molecular weight excluding hydrogens is 260 g/mol. The highest BCUT2D eigenvalue weighted by Gasteiger charge is 2.24. The average molecular weight is 288 g/mol. The van der Waals surface area contributed by atoms with Gasteiger partial charge in [0.1, 0.15) is 0 Å². The molecule has 0 aromatic heterocycles. The smallest absolute Gasteiger partial charge is 0.220 e. The topological polar surface area (TPSA) is 41.1 Å². The molecule has 0 radical (unpaired) electrons. The Morgan fingerprint density at radius 1 is 1.29 bits per heavy atom. The summed E-state index contributed by atoms with van der Waals surface area (Å²) in [6.45, 7) is 5.26. The fourth-order valence-electron chi connectivity index (χ4n) is 3.14. The number of carbonyl (C=O) groups excluding carboxylic acids is 1. The van der Waals surface area contributed by atoms with Crippen molar-refractivity contribution in [1.29, 1.82) is 0 Å². The third-order valence-electron chi connectivity index (χ3n) is 4.28. The Balaban J connectivity index is 1.86. The molecule has 0 saturated heterocycles. The van der Waals surface area contributed by atoms with Crippen LogP contribution in [0.25, 0.3) is 0 Å². The van der Waals surface area contributed by atoms with Crippen LogP contribution in [0.1, 0.15) is 63.9 Å². The summed E-state index contributed by atoms with van der Waals surface area (Å²) < 4.78 is 0. The lowest BCUT2D eigenvalue weighted by Crippen LogP contribution is -2.35. The number of nitrogens with one attached hydrogen (secondary N) is 2. The highest BCUT2D eigenvalue weighted by atomic mass is 16.1. The minimum Gasteiger partial charge on any atom is -0.384 e. The number of amides is 1. The molecule has 1 aromatic carbocycles. The molecule has 0 fully saturated rings. The number of anilines is 1. The molecular formula is C18H28N2O. The first kappa shape index (κ1) is 15.9. The van der Waals surface area contributed by atoms with E-state index in [2.05, 4.69) is 42.7 Å². The minimum absolute atomic E-state index is 0.202. The second-order valence-corrected chi connectivity index (χ2v) is 6.06. The molecule has 1 heterocycles. The number of para-hydroxylation sites is 1. The summed E-state index contributed by atoms with van der Waals surface area (Å²) in [5.74, 6) is 0.516. The Hall–Kier alpha value is -1.51. The van der Waals surface area contributed by atoms with E-state index in [4.69, 9.17) is 0 Å². The zero-order chi connectivity index (χ0) is 15.1. The number of benzene rings is 1. The van der Waals surface area contributed by atoms with Crippen LogP contribution >= 0.6 is 0 Å². The molecule has 2 rings (SSSR count). The molecule has 1 aromatic rings. The second-order valence-electron chi connectivity index (χ2n) is 6.06. The fourth-order valence-corrected chi connectivity index (χ4v) is 3.14. The zero-order valence-electron chi connectivity index (χ0n) is 13.3. The predicted octanol–water partition coefficient (Wildman–Crippen LogP) is 4.06. The summed E-state index contributed by atoms with van der Waals surface area (Å²) in [4.78, 5) is 12.3. The standard InChI is InChI=1S/C18H28N2O/c1-3-5-9-15(8-4-2)20-18(21)12-14-13-19-17-11-7-6-10-16(14)17/h6-7,10-11,14-15,19H,3-5,8-9,12-13H2,1-2H3,(H,20,21). The maximum Gasteiger partial charge on any atom is 0.220 e. The van der Waals surface area contributed by atoms with Crippen LogP contribution in [0.4, 0.5) is 5.69 Å². The number of hydrogen-bond donors (Lipinski definition) is 2. The van der Waals surface area contributed by atoms with Gasteiger partial charge in [-0.1, -0.05) is 51.3 Å². The van der Waals surface area contributed by atoms with Gasteiger partial charge in [-0.05, 0) is 24.5 Å². The summed E-state index contributed by atoms with van der Waals surface area (Å²) in [5, 5.41) is 6.63. The van der Waals surface area contributed by atoms with Crippen molar-refractivity contribution < 1.29 is 4.79 Å². The molecule has 1 aliphatic heterocycles. The Morgan fingerprint density at radius 2 is 2.10 bits per heavy atom. The first-order chi connectivity index (χ1) is 10.2. The number of fused-ring (bicyclic) bond motifs is 1. The van der Waals surface area contributed by atoms with Gasteiger partial charge in [0, 0.05) is 30.6 Å². The van der Waals surface area contributed by atoms with Gasteiger partial charge in [0.15, 0.2) is 0 Å². The molecule has 116 valence electrons. The van der Waals surface area contributed by atoms with Crippen LogP contribution in [0.5, 0.6) is 0 Å². The van der Waals surface area contributed by atoms with Gasteiger partial charge in [0.05, 0.1) is 0 Å². The normalized spacial score (nSPS) is 17.9. The first-order valence-electron chi connectivity index (χ1n) is 8.36. The van der Waals surface area contributed by atoms with Crippen LogP contribution in [0, 0.1) is 0 Å². The van der Waals surface area contributed by atoms with Crippen molar-refractivity contribution in [3.05, 3.63) is 29.8 Å². The van der Waals surface area contributed by atoms with Crippen LogP contribution in [0.2, 0.25) is 0 Å². The van der Waals surface area contributed by atoms with E-state index in [1.54, 1.807) is 0 Å². The van der Waals surface area contributed by atoms with E-state index in [0.717, 1.165) is 25.8 Å². The Bertz CT molecular complexity index is 458. The van der Waals surface area contributed by atoms with Gasteiger partial charge in [-0.2, -0.15) is 0 Å². The monoisotopic (exact) mass is 288 g/mol. The Kier molecular flexibility index (Phi) is 6.09. The van der Waals surface area contributed by atoms with Crippen LogP contribution < -0.4 is 10.6 Å². The van der Waals surface area contributed by atoms with Crippen molar-refractivity contribution in [2.45, 2.75) is 64.3 Å². The third-order valence-corrected chi connectivity index (χ3v) is 4.28. The van der Waals surface area contributed by atoms with Crippen molar-refractivity contribution in [2.75, 3.05) is 11.9 Å². The molecule has 2 atom stereocenters. The van der Waals surface area contributed by atoms with E-state index in [1.807, 2.05) is 6.07 Å². The molecule has 21 heavy (non-hydrogen) atoms. The largest absolute Gasteiger partial charge is 0.384 e. The molecule has 0 saturated carbocycles. The lowest BCUT2D eigenvalue weighted by atomic mass is 9.97. The van der Waals surface area contributed by atoms with Gasteiger partial charge in [0.25, 0.3) is 0 Å². The number of rotatable bonds is 8. The highest BCUT2D eigenvalue weighted by Crippen LogP contribution is 2.33. The molecule has 1 aliphatic rings. The molecule has 0 spiro atoms.